The molecule has 0 saturated heterocycles. The zero-order valence-corrected chi connectivity index (χ0v) is 24.8. The molecule has 0 spiro atoms. The molecular formula is C31H29N3O3S3. The van der Waals surface area contributed by atoms with Crippen molar-refractivity contribution < 1.29 is 13.5 Å². The van der Waals surface area contributed by atoms with Gasteiger partial charge >= 0.3 is 0 Å². The van der Waals surface area contributed by atoms with E-state index in [1.54, 1.807) is 32.0 Å². The van der Waals surface area contributed by atoms with Gasteiger partial charge in [-0.1, -0.05) is 85.1 Å². The van der Waals surface area contributed by atoms with Crippen LogP contribution in [0.3, 0.4) is 0 Å². The van der Waals surface area contributed by atoms with Crippen LogP contribution in [0.25, 0.3) is 21.0 Å². The number of sulfonamides is 1. The third-order valence-electron chi connectivity index (χ3n) is 6.52. The SMILES string of the molecule is C=C(C)/C(=C(/C)N(C)Cc1ccccc1)S(=O)(=O)Nc1cc(Sc2nc3ccccc3s2)c(O)c2ccccc12. The second-order valence-corrected chi connectivity index (χ2v) is 13.4. The average molecular weight is 588 g/mol. The number of fused-ring (bicyclic) bond motifs is 2. The van der Waals surface area contributed by atoms with Crippen LogP contribution in [0.15, 0.2) is 117 Å². The monoisotopic (exact) mass is 587 g/mol. The highest BCUT2D eigenvalue weighted by Gasteiger charge is 2.25. The van der Waals surface area contributed by atoms with Crippen molar-refractivity contribution in [3.8, 4) is 5.75 Å². The second-order valence-electron chi connectivity index (χ2n) is 9.51. The molecule has 0 unspecified atom stereocenters. The number of benzene rings is 4. The number of hydrogen-bond acceptors (Lipinski definition) is 7. The van der Waals surface area contributed by atoms with E-state index in [1.165, 1.54) is 23.1 Å². The number of allylic oxidation sites excluding steroid dienone is 2. The van der Waals surface area contributed by atoms with Crippen LogP contribution in [0.1, 0.15) is 19.4 Å². The standard InChI is InChI=1S/C31H29N3O3S3/c1-20(2)30(21(3)34(4)19-22-12-6-5-7-13-22)40(36,37)33-26-18-28(29(35)24-15-9-8-14-23(24)26)39-31-32-25-16-10-11-17-27(25)38-31/h5-18,33,35H,1,19H2,2-4H3/b30-21+. The topological polar surface area (TPSA) is 82.5 Å². The maximum Gasteiger partial charge on any atom is 0.263 e. The Morgan fingerprint density at radius 1 is 1.00 bits per heavy atom. The van der Waals surface area contributed by atoms with Crippen LogP contribution in [-0.2, 0) is 16.6 Å². The Labute approximate surface area is 242 Å². The molecule has 0 fully saturated rings. The minimum absolute atomic E-state index is 0.0808. The Balaban J connectivity index is 1.54. The quantitative estimate of drug-likeness (QED) is 0.134. The Hall–Kier alpha value is -3.79. The fraction of sp³-hybridized carbons (Fsp3) is 0.129. The maximum absolute atomic E-state index is 13.9. The van der Waals surface area contributed by atoms with Crippen LogP contribution in [0.2, 0.25) is 0 Å². The molecular weight excluding hydrogens is 559 g/mol. The van der Waals surface area contributed by atoms with Crippen LogP contribution in [0.5, 0.6) is 5.75 Å². The summed E-state index contributed by atoms with van der Waals surface area (Å²) in [6, 6.07) is 26.6. The number of nitrogens with one attached hydrogen (secondary N) is 1. The molecule has 2 N–H and O–H groups in total. The molecule has 1 heterocycles. The molecule has 0 aliphatic heterocycles. The van der Waals surface area contributed by atoms with E-state index >= 15 is 0 Å². The lowest BCUT2D eigenvalue weighted by Gasteiger charge is -2.24. The third-order valence-corrected chi connectivity index (χ3v) is 10.3. The van der Waals surface area contributed by atoms with E-state index in [-0.39, 0.29) is 10.7 Å². The summed E-state index contributed by atoms with van der Waals surface area (Å²) in [6.07, 6.45) is 0. The average Bonchev–Trinajstić information content (AvgIpc) is 3.34. The number of aromatic nitrogens is 1. The highest BCUT2D eigenvalue weighted by molar-refractivity contribution is 8.01. The van der Waals surface area contributed by atoms with Gasteiger partial charge in [0.2, 0.25) is 0 Å². The van der Waals surface area contributed by atoms with Gasteiger partial charge < -0.3 is 10.0 Å². The largest absolute Gasteiger partial charge is 0.506 e. The van der Waals surface area contributed by atoms with Gasteiger partial charge in [-0.05, 0) is 43.2 Å². The number of anilines is 1. The summed E-state index contributed by atoms with van der Waals surface area (Å²) in [6.45, 7) is 8.01. The van der Waals surface area contributed by atoms with Crippen molar-refractivity contribution in [3.63, 3.8) is 0 Å². The van der Waals surface area contributed by atoms with Gasteiger partial charge in [-0.25, -0.2) is 13.4 Å². The van der Waals surface area contributed by atoms with Crippen LogP contribution in [0, 0.1) is 0 Å². The molecule has 5 rings (SSSR count). The zero-order valence-electron chi connectivity index (χ0n) is 22.4. The van der Waals surface area contributed by atoms with Gasteiger partial charge in [0.15, 0.2) is 4.34 Å². The lowest BCUT2D eigenvalue weighted by molar-refractivity contribution is 0.410. The minimum atomic E-state index is -4.04. The first-order valence-electron chi connectivity index (χ1n) is 12.6. The zero-order chi connectivity index (χ0) is 28.4. The second kappa shape index (κ2) is 11.4. The molecule has 0 aliphatic carbocycles. The summed E-state index contributed by atoms with van der Waals surface area (Å²) in [5.74, 6) is 0.0808. The lowest BCUT2D eigenvalue weighted by atomic mass is 10.1. The van der Waals surface area contributed by atoms with Crippen LogP contribution in [0.4, 0.5) is 5.69 Å². The van der Waals surface area contributed by atoms with E-state index < -0.39 is 10.0 Å². The first-order chi connectivity index (χ1) is 19.1. The van der Waals surface area contributed by atoms with Crippen molar-refractivity contribution in [2.24, 2.45) is 0 Å². The fourth-order valence-electron chi connectivity index (χ4n) is 4.56. The van der Waals surface area contributed by atoms with Crippen LogP contribution < -0.4 is 4.72 Å². The van der Waals surface area contributed by atoms with Gasteiger partial charge in [-0.3, -0.25) is 4.72 Å². The van der Waals surface area contributed by atoms with E-state index in [2.05, 4.69) is 16.3 Å². The molecule has 204 valence electrons. The molecule has 0 atom stereocenters. The van der Waals surface area contributed by atoms with Crippen LogP contribution in [-0.4, -0.2) is 30.5 Å². The number of phenolic OH excluding ortho intramolecular Hbond substituents is 1. The van der Waals surface area contributed by atoms with Crippen molar-refractivity contribution in [1.82, 2.24) is 9.88 Å². The van der Waals surface area contributed by atoms with Crippen molar-refractivity contribution in [3.05, 3.63) is 113 Å². The molecule has 0 radical (unpaired) electrons. The molecule has 5 aromatic rings. The summed E-state index contributed by atoms with van der Waals surface area (Å²) in [4.78, 5) is 7.21. The summed E-state index contributed by atoms with van der Waals surface area (Å²) < 4.78 is 32.4. The first kappa shape index (κ1) is 27.8. The van der Waals surface area contributed by atoms with Gasteiger partial charge in [0.05, 0.1) is 20.8 Å². The molecule has 4 aromatic carbocycles. The van der Waals surface area contributed by atoms with Gasteiger partial charge in [-0.15, -0.1) is 11.3 Å². The number of hydrogen-bond donors (Lipinski definition) is 2. The van der Waals surface area contributed by atoms with Gasteiger partial charge in [-0.2, -0.15) is 0 Å². The van der Waals surface area contributed by atoms with Gasteiger partial charge in [0.25, 0.3) is 10.0 Å². The molecule has 6 nitrogen and oxygen atoms in total. The maximum atomic E-state index is 13.9. The van der Waals surface area contributed by atoms with E-state index in [4.69, 9.17) is 0 Å². The molecule has 0 aliphatic rings. The number of aromatic hydroxyl groups is 1. The molecule has 0 bridgehead atoms. The fourth-order valence-corrected chi connectivity index (χ4v) is 8.24. The van der Waals surface area contributed by atoms with Crippen molar-refractivity contribution >= 4 is 59.8 Å². The smallest absolute Gasteiger partial charge is 0.263 e. The summed E-state index contributed by atoms with van der Waals surface area (Å²) in [7, 11) is -2.18. The van der Waals surface area contributed by atoms with E-state index in [0.717, 1.165) is 20.1 Å². The predicted molar refractivity (Wildman–Crippen MR) is 167 cm³/mol. The molecule has 0 saturated carbocycles. The number of nitrogens with zero attached hydrogens (tertiary/aromatic N) is 2. The van der Waals surface area contributed by atoms with Gasteiger partial charge in [0, 0.05) is 30.1 Å². The minimum Gasteiger partial charge on any atom is -0.506 e. The number of rotatable bonds is 9. The molecule has 40 heavy (non-hydrogen) atoms. The number of phenols is 1. The summed E-state index contributed by atoms with van der Waals surface area (Å²) >= 11 is 2.83. The number of para-hydroxylation sites is 1. The summed E-state index contributed by atoms with van der Waals surface area (Å²) in [5, 5.41) is 12.3. The van der Waals surface area contributed by atoms with Gasteiger partial charge in [0.1, 0.15) is 10.7 Å². The Kier molecular flexibility index (Phi) is 7.89. The van der Waals surface area contributed by atoms with E-state index in [9.17, 15) is 13.5 Å². The lowest BCUT2D eigenvalue weighted by Crippen LogP contribution is -2.23. The summed E-state index contributed by atoms with van der Waals surface area (Å²) in [5.41, 5.74) is 3.32. The van der Waals surface area contributed by atoms with Crippen molar-refractivity contribution in [1.29, 1.82) is 0 Å². The number of thiazole rings is 1. The Bertz CT molecular complexity index is 1830. The van der Waals surface area contributed by atoms with E-state index in [0.29, 0.717) is 39.2 Å². The Morgan fingerprint density at radius 2 is 1.65 bits per heavy atom. The van der Waals surface area contributed by atoms with Crippen molar-refractivity contribution in [2.75, 3.05) is 11.8 Å². The highest BCUT2D eigenvalue weighted by atomic mass is 32.2. The highest BCUT2D eigenvalue weighted by Crippen LogP contribution is 2.44. The normalized spacial score (nSPS) is 12.4. The molecule has 1 aromatic heterocycles. The molecule has 9 heteroatoms. The first-order valence-corrected chi connectivity index (χ1v) is 15.7. The van der Waals surface area contributed by atoms with Crippen molar-refractivity contribution in [2.45, 2.75) is 29.6 Å². The third kappa shape index (κ3) is 5.72. The van der Waals surface area contributed by atoms with Crippen LogP contribution >= 0.6 is 23.1 Å². The molecule has 0 amide bonds. The predicted octanol–water partition coefficient (Wildman–Crippen LogP) is 7.99. The van der Waals surface area contributed by atoms with E-state index in [1.807, 2.05) is 78.7 Å². The Morgan fingerprint density at radius 3 is 2.35 bits per heavy atom.